The molecule has 1 unspecified atom stereocenters. The summed E-state index contributed by atoms with van der Waals surface area (Å²) in [6.45, 7) is 4.04. The maximum atomic E-state index is 13.3. The van der Waals surface area contributed by atoms with Gasteiger partial charge in [0, 0.05) is 30.9 Å². The van der Waals surface area contributed by atoms with Crippen LogP contribution >= 0.6 is 0 Å². The Kier molecular flexibility index (Phi) is 4.91. The monoisotopic (exact) mass is 398 g/mol. The quantitative estimate of drug-likeness (QED) is 0.580. The highest BCUT2D eigenvalue weighted by Crippen LogP contribution is 2.49. The molecule has 3 heterocycles. The fourth-order valence-electron chi connectivity index (χ4n) is 4.99. The van der Waals surface area contributed by atoms with E-state index in [2.05, 4.69) is 64.2 Å². The van der Waals surface area contributed by atoms with Crippen LogP contribution < -0.4 is 0 Å². The van der Waals surface area contributed by atoms with Crippen molar-refractivity contribution in [1.29, 1.82) is 0 Å². The number of hydrogen-bond donors (Lipinski definition) is 0. The second-order valence-electron chi connectivity index (χ2n) is 7.88. The Balaban J connectivity index is 1.75. The van der Waals surface area contributed by atoms with Crippen LogP contribution in [0.25, 0.3) is 5.70 Å². The van der Waals surface area contributed by atoms with Gasteiger partial charge < -0.3 is 14.2 Å². The molecule has 0 saturated heterocycles. The van der Waals surface area contributed by atoms with Crippen molar-refractivity contribution in [2.75, 3.05) is 13.2 Å². The first kappa shape index (κ1) is 18.7. The van der Waals surface area contributed by atoms with Gasteiger partial charge in [-0.15, -0.1) is 0 Å². The first-order chi connectivity index (χ1) is 14.8. The summed E-state index contributed by atoms with van der Waals surface area (Å²) in [6, 6.07) is 25.3. The van der Waals surface area contributed by atoms with Crippen LogP contribution in [0.3, 0.4) is 0 Å². The van der Waals surface area contributed by atoms with Crippen LogP contribution in [0.1, 0.15) is 42.1 Å². The van der Waals surface area contributed by atoms with Crippen LogP contribution in [0.5, 0.6) is 0 Å². The number of fused-ring (bicyclic) bond motifs is 3. The number of esters is 1. The van der Waals surface area contributed by atoms with Gasteiger partial charge in [-0.3, -0.25) is 0 Å². The fraction of sp³-hybridized carbons (Fsp3) is 0.269. The van der Waals surface area contributed by atoms with Gasteiger partial charge in [0.1, 0.15) is 0 Å². The second kappa shape index (κ2) is 7.86. The van der Waals surface area contributed by atoms with Gasteiger partial charge in [-0.2, -0.15) is 0 Å². The van der Waals surface area contributed by atoms with Crippen LogP contribution in [-0.4, -0.2) is 28.6 Å². The van der Waals surface area contributed by atoms with E-state index in [0.717, 1.165) is 41.9 Å². The smallest absolute Gasteiger partial charge is 0.336 e. The molecule has 0 aliphatic carbocycles. The minimum Gasteiger partial charge on any atom is -0.463 e. The van der Waals surface area contributed by atoms with Crippen molar-refractivity contribution in [1.82, 2.24) is 9.47 Å². The molecule has 0 bridgehead atoms. The first-order valence-electron chi connectivity index (χ1n) is 10.7. The highest BCUT2D eigenvalue weighted by atomic mass is 16.5. The first-order valence-corrected chi connectivity index (χ1v) is 10.7. The van der Waals surface area contributed by atoms with Crippen LogP contribution in [0, 0.1) is 0 Å². The maximum absolute atomic E-state index is 13.3. The van der Waals surface area contributed by atoms with Crippen molar-refractivity contribution in [2.24, 2.45) is 0 Å². The van der Waals surface area contributed by atoms with E-state index in [0.29, 0.717) is 6.61 Å². The van der Waals surface area contributed by atoms with Gasteiger partial charge in [0.2, 0.25) is 0 Å². The number of nitrogens with zero attached hydrogens (tertiary/aromatic N) is 2. The van der Waals surface area contributed by atoms with Crippen LogP contribution in [0.2, 0.25) is 0 Å². The number of rotatable bonds is 4. The molecule has 2 aromatic carbocycles. The number of carbonyl (C=O) groups excluding carboxylic acids is 1. The summed E-state index contributed by atoms with van der Waals surface area (Å²) in [6.07, 6.45) is 3.02. The Hall–Kier alpha value is -3.27. The summed E-state index contributed by atoms with van der Waals surface area (Å²) in [5, 5.41) is 0. The van der Waals surface area contributed by atoms with E-state index in [9.17, 15) is 4.79 Å². The molecule has 2 atom stereocenters. The highest BCUT2D eigenvalue weighted by Gasteiger charge is 2.42. The highest BCUT2D eigenvalue weighted by molar-refractivity contribution is 5.99. The van der Waals surface area contributed by atoms with Gasteiger partial charge >= 0.3 is 5.97 Å². The van der Waals surface area contributed by atoms with Crippen molar-refractivity contribution in [3.8, 4) is 0 Å². The molecule has 152 valence electrons. The summed E-state index contributed by atoms with van der Waals surface area (Å²) in [5.74, 6) is -0.215. The van der Waals surface area contributed by atoms with Crippen LogP contribution in [-0.2, 0) is 16.1 Å². The summed E-state index contributed by atoms with van der Waals surface area (Å²) in [4.78, 5) is 15.8. The lowest BCUT2D eigenvalue weighted by Crippen LogP contribution is -2.42. The zero-order valence-electron chi connectivity index (χ0n) is 17.2. The molecular weight excluding hydrogens is 372 g/mol. The molecule has 30 heavy (non-hydrogen) atoms. The zero-order chi connectivity index (χ0) is 20.5. The third kappa shape index (κ3) is 3.13. The molecule has 0 radical (unpaired) electrons. The van der Waals surface area contributed by atoms with Crippen molar-refractivity contribution in [2.45, 2.75) is 31.8 Å². The normalized spacial score (nSPS) is 20.5. The van der Waals surface area contributed by atoms with E-state index < -0.39 is 0 Å². The Labute approximate surface area is 177 Å². The van der Waals surface area contributed by atoms with Gasteiger partial charge in [0.25, 0.3) is 0 Å². The minimum absolute atomic E-state index is 0.0110. The number of aromatic nitrogens is 1. The number of hydrogen-bond acceptors (Lipinski definition) is 3. The van der Waals surface area contributed by atoms with Gasteiger partial charge in [-0.05, 0) is 36.6 Å². The largest absolute Gasteiger partial charge is 0.463 e. The lowest BCUT2D eigenvalue weighted by atomic mass is 9.78. The predicted octanol–water partition coefficient (Wildman–Crippen LogP) is 5.01. The summed E-state index contributed by atoms with van der Waals surface area (Å²) in [5.41, 5.74) is 5.36. The molecule has 1 aromatic heterocycles. The summed E-state index contributed by atoms with van der Waals surface area (Å²) < 4.78 is 7.94. The summed E-state index contributed by atoms with van der Waals surface area (Å²) >= 11 is 0. The Morgan fingerprint density at radius 1 is 0.967 bits per heavy atom. The van der Waals surface area contributed by atoms with E-state index in [1.807, 2.05) is 31.2 Å². The van der Waals surface area contributed by atoms with Gasteiger partial charge in [0.15, 0.2) is 0 Å². The zero-order valence-corrected chi connectivity index (χ0v) is 17.2. The molecule has 0 amide bonds. The molecular formula is C26H26N2O2. The second-order valence-corrected chi connectivity index (χ2v) is 7.88. The fourth-order valence-corrected chi connectivity index (χ4v) is 4.99. The molecule has 0 N–H and O–H groups in total. The van der Waals surface area contributed by atoms with Gasteiger partial charge in [0.05, 0.1) is 23.9 Å². The molecule has 2 aliphatic rings. The van der Waals surface area contributed by atoms with E-state index in [4.69, 9.17) is 4.74 Å². The van der Waals surface area contributed by atoms with Crippen molar-refractivity contribution in [3.05, 3.63) is 101 Å². The van der Waals surface area contributed by atoms with E-state index in [1.165, 1.54) is 5.69 Å². The molecule has 0 saturated carbocycles. The Bertz CT molecular complexity index is 1070. The Morgan fingerprint density at radius 3 is 2.43 bits per heavy atom. The average Bonchev–Trinajstić information content (AvgIpc) is 3.28. The maximum Gasteiger partial charge on any atom is 0.336 e. The molecule has 3 aromatic rings. The van der Waals surface area contributed by atoms with Gasteiger partial charge in [-0.25, -0.2) is 4.79 Å². The Morgan fingerprint density at radius 2 is 1.70 bits per heavy atom. The molecule has 4 nitrogen and oxygen atoms in total. The third-order valence-electron chi connectivity index (χ3n) is 6.26. The van der Waals surface area contributed by atoms with Gasteiger partial charge in [-0.1, -0.05) is 60.7 Å². The number of carbonyl (C=O) groups is 1. The van der Waals surface area contributed by atoms with Crippen molar-refractivity contribution in [3.63, 3.8) is 0 Å². The SMILES string of the molecule is CCOC(=O)C1=C(c2ccccc2)N2CCn3cccc3C2C[C@H]1c1ccccc1. The van der Waals surface area contributed by atoms with Crippen LogP contribution in [0.4, 0.5) is 0 Å². The standard InChI is InChI=1S/C26H26N2O2/c1-2-30-26(29)24-21(19-10-5-3-6-11-19)18-23-22-14-9-15-27(22)16-17-28(23)25(24)20-12-7-4-8-13-20/h3-15,21,23H,2,16-18H2,1H3/t21-,23?/m0/s1. The molecule has 4 heteroatoms. The number of benzene rings is 2. The number of ether oxygens (including phenoxy) is 1. The summed E-state index contributed by atoms with van der Waals surface area (Å²) in [7, 11) is 0. The van der Waals surface area contributed by atoms with E-state index in [-0.39, 0.29) is 17.9 Å². The molecule has 0 spiro atoms. The van der Waals surface area contributed by atoms with Crippen molar-refractivity contribution >= 4 is 11.7 Å². The van der Waals surface area contributed by atoms with E-state index >= 15 is 0 Å². The van der Waals surface area contributed by atoms with Crippen molar-refractivity contribution < 1.29 is 9.53 Å². The lowest BCUT2D eigenvalue weighted by Gasteiger charge is -2.46. The predicted molar refractivity (Wildman–Crippen MR) is 118 cm³/mol. The third-order valence-corrected chi connectivity index (χ3v) is 6.26. The lowest BCUT2D eigenvalue weighted by molar-refractivity contribution is -0.139. The topological polar surface area (TPSA) is 34.5 Å². The van der Waals surface area contributed by atoms with Crippen LogP contribution in [0.15, 0.2) is 84.6 Å². The van der Waals surface area contributed by atoms with E-state index in [1.54, 1.807) is 0 Å². The molecule has 2 aliphatic heterocycles. The average molecular weight is 399 g/mol. The molecule has 0 fully saturated rings. The minimum atomic E-state index is -0.204. The molecule has 5 rings (SSSR count).